The van der Waals surface area contributed by atoms with Gasteiger partial charge in [-0.15, -0.1) is 0 Å². The third-order valence-corrected chi connectivity index (χ3v) is 3.00. The van der Waals surface area contributed by atoms with Gasteiger partial charge in [0.1, 0.15) is 0 Å². The normalized spacial score (nSPS) is 13.8. The smallest absolute Gasteiger partial charge is 0.0221 e. The van der Waals surface area contributed by atoms with Crippen molar-refractivity contribution in [1.29, 1.82) is 0 Å². The molecule has 0 amide bonds. The molecule has 0 atom stereocenters. The molecule has 1 aromatic carbocycles. The van der Waals surface area contributed by atoms with E-state index >= 15 is 0 Å². The molecule has 0 heterocycles. The average molecular weight is 240 g/mol. The van der Waals surface area contributed by atoms with E-state index in [1.807, 2.05) is 12.2 Å². The van der Waals surface area contributed by atoms with Crippen LogP contribution >= 0.6 is 0 Å². The Bertz CT molecular complexity index is 542. The van der Waals surface area contributed by atoms with E-state index < -0.39 is 0 Å². The van der Waals surface area contributed by atoms with E-state index in [0.717, 1.165) is 6.42 Å². The Hall–Kier alpha value is -1.56. The second-order valence-corrected chi connectivity index (χ2v) is 5.05. The van der Waals surface area contributed by atoms with Gasteiger partial charge in [-0.25, -0.2) is 0 Å². The topological polar surface area (TPSA) is 0 Å². The molecule has 0 aliphatic rings. The Morgan fingerprint density at radius 2 is 1.94 bits per heavy atom. The first kappa shape index (κ1) is 14.5. The minimum absolute atomic E-state index is 0.697. The van der Waals surface area contributed by atoms with Crippen LogP contribution in [0.1, 0.15) is 38.3 Å². The number of hydrogen-bond donors (Lipinski definition) is 0. The molecule has 96 valence electrons. The fraction of sp³-hybridized carbons (Fsp3) is 0.333. The molecule has 0 aromatic heterocycles. The van der Waals surface area contributed by atoms with Gasteiger partial charge in [0.2, 0.25) is 0 Å². The Morgan fingerprint density at radius 1 is 1.22 bits per heavy atom. The van der Waals surface area contributed by atoms with Crippen molar-refractivity contribution in [2.45, 2.75) is 34.1 Å². The standard InChI is InChI=1S/C18H24/c1-6-8-9-17-13-18(11-10-14(3)4)16(7-2)12-15(17)5/h6-9,11-14H,1,10H2,2-5H3/b9-8-,16-7-,18-11-. The van der Waals surface area contributed by atoms with E-state index in [4.69, 9.17) is 0 Å². The maximum Gasteiger partial charge on any atom is -0.0221 e. The Balaban J connectivity index is 3.35. The number of rotatable bonds is 4. The van der Waals surface area contributed by atoms with Crippen molar-refractivity contribution in [3.05, 3.63) is 52.4 Å². The highest BCUT2D eigenvalue weighted by molar-refractivity contribution is 5.56. The number of aryl methyl sites for hydroxylation is 1. The average Bonchev–Trinajstić information content (AvgIpc) is 2.35. The van der Waals surface area contributed by atoms with Gasteiger partial charge < -0.3 is 0 Å². The van der Waals surface area contributed by atoms with Crippen LogP contribution in [0.25, 0.3) is 18.2 Å². The summed E-state index contributed by atoms with van der Waals surface area (Å²) < 4.78 is 0. The summed E-state index contributed by atoms with van der Waals surface area (Å²) in [6.07, 6.45) is 11.6. The highest BCUT2D eigenvalue weighted by Gasteiger charge is 1.96. The molecular weight excluding hydrogens is 216 g/mol. The lowest BCUT2D eigenvalue weighted by Crippen LogP contribution is -2.25. The molecule has 1 rings (SSSR count). The molecule has 0 spiro atoms. The van der Waals surface area contributed by atoms with Crippen molar-refractivity contribution in [3.63, 3.8) is 0 Å². The van der Waals surface area contributed by atoms with Crippen LogP contribution in [-0.4, -0.2) is 0 Å². The van der Waals surface area contributed by atoms with E-state index in [1.165, 1.54) is 21.6 Å². The molecule has 0 heteroatoms. The van der Waals surface area contributed by atoms with E-state index in [-0.39, 0.29) is 0 Å². The summed E-state index contributed by atoms with van der Waals surface area (Å²) in [6.45, 7) is 12.5. The van der Waals surface area contributed by atoms with Crippen LogP contribution in [-0.2, 0) is 0 Å². The highest BCUT2D eigenvalue weighted by atomic mass is 14.0. The van der Waals surface area contributed by atoms with Crippen LogP contribution in [0.15, 0.2) is 30.9 Å². The predicted molar refractivity (Wildman–Crippen MR) is 83.7 cm³/mol. The Kier molecular flexibility index (Phi) is 5.64. The molecule has 0 aliphatic carbocycles. The fourth-order valence-electron chi connectivity index (χ4n) is 1.91. The third kappa shape index (κ3) is 4.03. The van der Waals surface area contributed by atoms with Crippen molar-refractivity contribution in [3.8, 4) is 0 Å². The lowest BCUT2D eigenvalue weighted by Gasteiger charge is -2.03. The first-order chi connectivity index (χ1) is 8.58. The second-order valence-electron chi connectivity index (χ2n) is 5.05. The summed E-state index contributed by atoms with van der Waals surface area (Å²) >= 11 is 0. The van der Waals surface area contributed by atoms with Crippen molar-refractivity contribution in [2.24, 2.45) is 5.92 Å². The summed E-state index contributed by atoms with van der Waals surface area (Å²) in [5.41, 5.74) is 2.58. The van der Waals surface area contributed by atoms with Gasteiger partial charge in [-0.3, -0.25) is 0 Å². The predicted octanol–water partition coefficient (Wildman–Crippen LogP) is 3.82. The molecule has 0 N–H and O–H groups in total. The molecule has 18 heavy (non-hydrogen) atoms. The quantitative estimate of drug-likeness (QED) is 0.702. The molecule has 1 aromatic rings. The zero-order valence-corrected chi connectivity index (χ0v) is 12.0. The Labute approximate surface area is 111 Å². The molecule has 0 aliphatic heterocycles. The van der Waals surface area contributed by atoms with Gasteiger partial charge in [-0.05, 0) is 53.8 Å². The number of allylic oxidation sites excluding steroid dienone is 2. The van der Waals surface area contributed by atoms with Crippen molar-refractivity contribution >= 4 is 18.2 Å². The lowest BCUT2D eigenvalue weighted by atomic mass is 10.0. The zero-order chi connectivity index (χ0) is 13.5. The molecule has 0 fully saturated rings. The molecule has 0 bridgehead atoms. The summed E-state index contributed by atoms with van der Waals surface area (Å²) in [6, 6.07) is 4.53. The van der Waals surface area contributed by atoms with Gasteiger partial charge in [0.25, 0.3) is 0 Å². The maximum absolute atomic E-state index is 3.72. The van der Waals surface area contributed by atoms with Crippen LogP contribution in [0.5, 0.6) is 0 Å². The minimum Gasteiger partial charge on any atom is -0.0991 e. The van der Waals surface area contributed by atoms with Crippen molar-refractivity contribution in [2.75, 3.05) is 0 Å². The monoisotopic (exact) mass is 240 g/mol. The molecule has 0 saturated heterocycles. The van der Waals surface area contributed by atoms with Crippen LogP contribution in [0, 0.1) is 12.8 Å². The molecule has 0 nitrogen and oxygen atoms in total. The molecule has 0 unspecified atom stereocenters. The van der Waals surface area contributed by atoms with Gasteiger partial charge in [0, 0.05) is 0 Å². The summed E-state index contributed by atoms with van der Waals surface area (Å²) in [7, 11) is 0. The fourth-order valence-corrected chi connectivity index (χ4v) is 1.91. The van der Waals surface area contributed by atoms with Crippen LogP contribution < -0.4 is 10.4 Å². The Morgan fingerprint density at radius 3 is 2.50 bits per heavy atom. The highest BCUT2D eigenvalue weighted by Crippen LogP contribution is 2.05. The maximum atomic E-state index is 3.72. The SMILES string of the molecule is C=C/C=C\c1cc(=C/CC(C)C)/c(=C\C)cc1C. The van der Waals surface area contributed by atoms with E-state index in [1.54, 1.807) is 0 Å². The van der Waals surface area contributed by atoms with Crippen LogP contribution in [0.4, 0.5) is 0 Å². The summed E-state index contributed by atoms with van der Waals surface area (Å²) in [5.74, 6) is 0.697. The lowest BCUT2D eigenvalue weighted by molar-refractivity contribution is 0.681. The summed E-state index contributed by atoms with van der Waals surface area (Å²) in [5, 5.41) is 2.66. The molecular formula is C18H24. The van der Waals surface area contributed by atoms with Crippen LogP contribution in [0.2, 0.25) is 0 Å². The zero-order valence-electron chi connectivity index (χ0n) is 12.0. The van der Waals surface area contributed by atoms with Gasteiger partial charge in [-0.2, -0.15) is 0 Å². The van der Waals surface area contributed by atoms with Gasteiger partial charge in [-0.1, -0.05) is 56.9 Å². The van der Waals surface area contributed by atoms with Crippen molar-refractivity contribution < 1.29 is 0 Å². The van der Waals surface area contributed by atoms with Gasteiger partial charge in [0.15, 0.2) is 0 Å². The minimum atomic E-state index is 0.697. The summed E-state index contributed by atoms with van der Waals surface area (Å²) in [4.78, 5) is 0. The first-order valence-electron chi connectivity index (χ1n) is 6.64. The number of benzene rings is 1. The molecule has 0 saturated carbocycles. The molecule has 0 radical (unpaired) electrons. The van der Waals surface area contributed by atoms with E-state index in [2.05, 4.69) is 64.6 Å². The number of hydrogen-bond acceptors (Lipinski definition) is 0. The van der Waals surface area contributed by atoms with Crippen molar-refractivity contribution in [1.82, 2.24) is 0 Å². The van der Waals surface area contributed by atoms with Gasteiger partial charge in [0.05, 0.1) is 0 Å². The largest absolute Gasteiger partial charge is 0.0991 e. The van der Waals surface area contributed by atoms with Crippen LogP contribution in [0.3, 0.4) is 0 Å². The van der Waals surface area contributed by atoms with E-state index in [0.29, 0.717) is 5.92 Å². The van der Waals surface area contributed by atoms with Gasteiger partial charge >= 0.3 is 0 Å². The first-order valence-corrected chi connectivity index (χ1v) is 6.64. The van der Waals surface area contributed by atoms with E-state index in [9.17, 15) is 0 Å². The second kappa shape index (κ2) is 7.00. The third-order valence-electron chi connectivity index (χ3n) is 3.00.